The molecule has 4 rings (SSSR count). The van der Waals surface area contributed by atoms with Crippen molar-refractivity contribution < 1.29 is 27.0 Å². The zero-order valence-corrected chi connectivity index (χ0v) is 15.4. The number of alkyl halides is 4. The Kier molecular flexibility index (Phi) is 4.72. The van der Waals surface area contributed by atoms with Crippen LogP contribution in [0.2, 0.25) is 5.02 Å². The average molecular weight is 437 g/mol. The number of ether oxygens (including phenoxy) is 2. The zero-order valence-electron chi connectivity index (χ0n) is 14.7. The Bertz CT molecular complexity index is 1200. The highest BCUT2D eigenvalue weighted by atomic mass is 35.5. The molecule has 2 aromatic carbocycles. The standard InChI is InChI=1S/C19H9ClF4N4O2/c20-13-6-11(5-12(8-13)17-15(9-25)26-28-27-17)2-1-10-3-4-16-14(7-10)18(21,22)30-19(23,24)29-16/h1-8H,(H,26,27,28)/b2-1+. The van der Waals surface area contributed by atoms with Crippen LogP contribution < -0.4 is 4.74 Å². The van der Waals surface area contributed by atoms with Gasteiger partial charge in [-0.2, -0.15) is 14.0 Å². The molecular weight excluding hydrogens is 428 g/mol. The number of H-pyrrole nitrogens is 1. The van der Waals surface area contributed by atoms with Crippen LogP contribution in [-0.4, -0.2) is 21.7 Å². The van der Waals surface area contributed by atoms with Gasteiger partial charge in [0.2, 0.25) is 0 Å². The topological polar surface area (TPSA) is 83.8 Å². The fourth-order valence-corrected chi connectivity index (χ4v) is 3.11. The molecule has 30 heavy (non-hydrogen) atoms. The van der Waals surface area contributed by atoms with Crippen LogP contribution in [0.15, 0.2) is 36.4 Å². The minimum absolute atomic E-state index is 0.154. The van der Waals surface area contributed by atoms with E-state index < -0.39 is 23.7 Å². The molecule has 2 heterocycles. The number of fused-ring (bicyclic) bond motifs is 1. The van der Waals surface area contributed by atoms with E-state index in [1.165, 1.54) is 12.1 Å². The molecule has 0 radical (unpaired) electrons. The average Bonchev–Trinajstić information content (AvgIpc) is 3.13. The maximum Gasteiger partial charge on any atom is 0.540 e. The first-order chi connectivity index (χ1) is 14.2. The number of aromatic amines is 1. The fraction of sp³-hybridized carbons (Fsp3) is 0.105. The minimum atomic E-state index is -4.42. The summed E-state index contributed by atoms with van der Waals surface area (Å²) < 4.78 is 61.6. The zero-order chi connectivity index (χ0) is 21.5. The lowest BCUT2D eigenvalue weighted by Gasteiger charge is -2.30. The SMILES string of the molecule is N#Cc1[nH]nnc1-c1cc(Cl)cc(/C=C/c2ccc3c(c2)C(F)(F)OC(F)(F)O3)c1. The molecule has 152 valence electrons. The predicted molar refractivity (Wildman–Crippen MR) is 97.5 cm³/mol. The van der Waals surface area contributed by atoms with E-state index >= 15 is 0 Å². The van der Waals surface area contributed by atoms with Crippen LogP contribution in [0.25, 0.3) is 23.4 Å². The van der Waals surface area contributed by atoms with Gasteiger partial charge in [-0.15, -0.1) is 13.9 Å². The Balaban J connectivity index is 1.66. The molecule has 3 aromatic rings. The summed E-state index contributed by atoms with van der Waals surface area (Å²) >= 11 is 6.12. The molecule has 1 aliphatic rings. The first-order valence-electron chi connectivity index (χ1n) is 8.26. The molecule has 6 nitrogen and oxygen atoms in total. The molecule has 11 heteroatoms. The van der Waals surface area contributed by atoms with Crippen LogP contribution >= 0.6 is 11.6 Å². The maximum absolute atomic E-state index is 13.9. The number of nitrogens with zero attached hydrogens (tertiary/aromatic N) is 3. The summed E-state index contributed by atoms with van der Waals surface area (Å²) in [4.78, 5) is 0. The van der Waals surface area contributed by atoms with Crippen LogP contribution in [0.3, 0.4) is 0 Å². The molecule has 0 unspecified atom stereocenters. The van der Waals surface area contributed by atoms with E-state index in [4.69, 9.17) is 16.9 Å². The third kappa shape index (κ3) is 3.85. The van der Waals surface area contributed by atoms with Crippen molar-refractivity contribution in [2.75, 3.05) is 0 Å². The summed E-state index contributed by atoms with van der Waals surface area (Å²) in [7, 11) is 0. The number of halogens is 5. The Morgan fingerprint density at radius 2 is 1.83 bits per heavy atom. The number of nitrogens with one attached hydrogen (secondary N) is 1. The quantitative estimate of drug-likeness (QED) is 0.452. The highest BCUT2D eigenvalue weighted by Gasteiger charge is 2.54. The molecule has 0 aliphatic carbocycles. The van der Waals surface area contributed by atoms with Gasteiger partial charge in [0.1, 0.15) is 17.5 Å². The number of aromatic nitrogens is 3. The Morgan fingerprint density at radius 1 is 1.07 bits per heavy atom. The first kappa shape index (κ1) is 19.9. The molecule has 0 amide bonds. The third-order valence-corrected chi connectivity index (χ3v) is 4.33. The molecule has 1 N–H and O–H groups in total. The summed E-state index contributed by atoms with van der Waals surface area (Å²) in [6.45, 7) is 0. The van der Waals surface area contributed by atoms with E-state index in [0.717, 1.165) is 12.1 Å². The van der Waals surface area contributed by atoms with Gasteiger partial charge in [-0.1, -0.05) is 35.0 Å². The lowest BCUT2D eigenvalue weighted by Crippen LogP contribution is -2.41. The molecule has 0 bridgehead atoms. The second-order valence-electron chi connectivity index (χ2n) is 6.19. The monoisotopic (exact) mass is 436 g/mol. The van der Waals surface area contributed by atoms with Gasteiger partial charge in [0.25, 0.3) is 0 Å². The normalized spacial score (nSPS) is 16.7. The van der Waals surface area contributed by atoms with Crippen molar-refractivity contribution in [1.82, 2.24) is 15.4 Å². The van der Waals surface area contributed by atoms with Crippen molar-refractivity contribution in [2.45, 2.75) is 12.4 Å². The third-order valence-electron chi connectivity index (χ3n) is 4.12. The Labute approximate surface area is 171 Å². The van der Waals surface area contributed by atoms with Gasteiger partial charge in [-0.25, -0.2) is 9.84 Å². The van der Waals surface area contributed by atoms with Crippen molar-refractivity contribution in [1.29, 1.82) is 5.26 Å². The summed E-state index contributed by atoms with van der Waals surface area (Å²) in [5, 5.41) is 19.3. The number of nitriles is 1. The van der Waals surface area contributed by atoms with Gasteiger partial charge in [0, 0.05) is 10.6 Å². The summed E-state index contributed by atoms with van der Waals surface area (Å²) in [5.41, 5.74) is 1.02. The van der Waals surface area contributed by atoms with E-state index in [9.17, 15) is 17.6 Å². The first-order valence-corrected chi connectivity index (χ1v) is 8.64. The van der Waals surface area contributed by atoms with Crippen LogP contribution in [0.1, 0.15) is 22.4 Å². The highest BCUT2D eigenvalue weighted by molar-refractivity contribution is 6.31. The van der Waals surface area contributed by atoms with E-state index in [2.05, 4.69) is 24.9 Å². The second-order valence-corrected chi connectivity index (χ2v) is 6.63. The molecular formula is C19H9ClF4N4O2. The number of rotatable bonds is 3. The lowest BCUT2D eigenvalue weighted by molar-refractivity contribution is -0.461. The predicted octanol–water partition coefficient (Wildman–Crippen LogP) is 5.18. The van der Waals surface area contributed by atoms with Gasteiger partial charge in [0.15, 0.2) is 5.69 Å². The van der Waals surface area contributed by atoms with E-state index in [-0.39, 0.29) is 11.3 Å². The van der Waals surface area contributed by atoms with Crippen molar-refractivity contribution in [3.8, 4) is 23.1 Å². The largest absolute Gasteiger partial charge is 0.540 e. The summed E-state index contributed by atoms with van der Waals surface area (Å²) in [6.07, 6.45) is -5.59. The molecule has 1 aliphatic heterocycles. The van der Waals surface area contributed by atoms with Crippen molar-refractivity contribution in [2.24, 2.45) is 0 Å². The second kappa shape index (κ2) is 7.12. The van der Waals surface area contributed by atoms with Crippen LogP contribution in [0.5, 0.6) is 5.75 Å². The maximum atomic E-state index is 13.9. The minimum Gasteiger partial charge on any atom is -0.409 e. The molecule has 0 fully saturated rings. The van der Waals surface area contributed by atoms with Gasteiger partial charge >= 0.3 is 12.4 Å². The van der Waals surface area contributed by atoms with Crippen molar-refractivity contribution >= 4 is 23.8 Å². The van der Waals surface area contributed by atoms with Crippen molar-refractivity contribution in [3.05, 3.63) is 63.8 Å². The number of hydrogen-bond acceptors (Lipinski definition) is 5. The van der Waals surface area contributed by atoms with E-state index in [1.54, 1.807) is 24.3 Å². The molecule has 1 aromatic heterocycles. The van der Waals surface area contributed by atoms with Crippen LogP contribution in [0.4, 0.5) is 17.6 Å². The fourth-order valence-electron chi connectivity index (χ4n) is 2.87. The number of hydrogen-bond donors (Lipinski definition) is 1. The number of benzene rings is 2. The van der Waals surface area contributed by atoms with Gasteiger partial charge in [-0.05, 0) is 41.5 Å². The van der Waals surface area contributed by atoms with Gasteiger partial charge in [-0.3, -0.25) is 0 Å². The van der Waals surface area contributed by atoms with E-state index in [0.29, 0.717) is 21.8 Å². The summed E-state index contributed by atoms with van der Waals surface area (Å²) in [6, 6.07) is 10.1. The molecule has 0 saturated heterocycles. The smallest absolute Gasteiger partial charge is 0.409 e. The lowest BCUT2D eigenvalue weighted by atomic mass is 10.0. The summed E-state index contributed by atoms with van der Waals surface area (Å²) in [5.74, 6) is -0.673. The van der Waals surface area contributed by atoms with Gasteiger partial charge in [0.05, 0.1) is 5.56 Å². The van der Waals surface area contributed by atoms with Crippen LogP contribution in [-0.2, 0) is 10.8 Å². The highest BCUT2D eigenvalue weighted by Crippen LogP contribution is 2.46. The Morgan fingerprint density at radius 3 is 2.60 bits per heavy atom. The van der Waals surface area contributed by atoms with Gasteiger partial charge < -0.3 is 4.74 Å². The van der Waals surface area contributed by atoms with Crippen LogP contribution in [0, 0.1) is 11.3 Å². The molecule has 0 spiro atoms. The molecule has 0 saturated carbocycles. The Hall–Kier alpha value is -3.42. The molecule has 0 atom stereocenters. The van der Waals surface area contributed by atoms with E-state index in [1.807, 2.05) is 6.07 Å². The van der Waals surface area contributed by atoms with Crippen molar-refractivity contribution in [3.63, 3.8) is 0 Å².